The Labute approximate surface area is 238 Å². The van der Waals surface area contributed by atoms with Gasteiger partial charge in [0.15, 0.2) is 10.8 Å². The van der Waals surface area contributed by atoms with Crippen molar-refractivity contribution in [2.75, 3.05) is 18.1 Å². The molecule has 10 heteroatoms. The Morgan fingerprint density at radius 3 is 2.61 bits per heavy atom. The predicted octanol–water partition coefficient (Wildman–Crippen LogP) is 5.70. The van der Waals surface area contributed by atoms with Gasteiger partial charge in [0.2, 0.25) is 0 Å². The second kappa shape index (κ2) is 9.53. The molecule has 3 N–H and O–H groups in total. The molecule has 0 unspecified atom stereocenters. The number of aryl methyl sites for hydroxylation is 2. The van der Waals surface area contributed by atoms with Crippen LogP contribution in [-0.2, 0) is 6.54 Å². The number of rotatable bonds is 5. The fourth-order valence-corrected chi connectivity index (χ4v) is 6.32. The van der Waals surface area contributed by atoms with Crippen LogP contribution in [0.25, 0.3) is 49.0 Å². The summed E-state index contributed by atoms with van der Waals surface area (Å²) in [6.45, 7) is 4.28. The molecule has 41 heavy (non-hydrogen) atoms. The molecule has 0 radical (unpaired) electrons. The van der Waals surface area contributed by atoms with E-state index in [1.807, 2.05) is 80.2 Å². The van der Waals surface area contributed by atoms with E-state index in [0.29, 0.717) is 34.5 Å². The summed E-state index contributed by atoms with van der Waals surface area (Å²) in [7, 11) is 1.86. The van der Waals surface area contributed by atoms with E-state index in [1.165, 1.54) is 6.33 Å². The number of hydrogen-bond acceptors (Lipinski definition) is 8. The van der Waals surface area contributed by atoms with Crippen molar-refractivity contribution < 1.29 is 0 Å². The Balaban J connectivity index is 1.46. The molecular formula is C31H26N8OS. The summed E-state index contributed by atoms with van der Waals surface area (Å²) in [5.41, 5.74) is 13.0. The highest BCUT2D eigenvalue weighted by molar-refractivity contribution is 7.22. The number of nitrogens with one attached hydrogen (secondary N) is 1. The molecule has 0 aliphatic carbocycles. The lowest BCUT2D eigenvalue weighted by molar-refractivity contribution is 0.671. The zero-order chi connectivity index (χ0) is 28.2. The van der Waals surface area contributed by atoms with Crippen LogP contribution in [0.1, 0.15) is 16.8 Å². The molecule has 0 spiro atoms. The topological polar surface area (TPSA) is 117 Å². The van der Waals surface area contributed by atoms with E-state index < -0.39 is 0 Å². The molecule has 9 nitrogen and oxygen atoms in total. The molecule has 0 aliphatic heterocycles. The van der Waals surface area contributed by atoms with Crippen molar-refractivity contribution in [2.45, 2.75) is 20.4 Å². The Hall–Kier alpha value is -5.09. The minimum absolute atomic E-state index is 0.0632. The first-order valence-corrected chi connectivity index (χ1v) is 14.0. The van der Waals surface area contributed by atoms with Gasteiger partial charge in [-0.3, -0.25) is 9.36 Å². The zero-order valence-corrected chi connectivity index (χ0v) is 23.5. The first-order chi connectivity index (χ1) is 19.9. The van der Waals surface area contributed by atoms with Gasteiger partial charge in [-0.05, 0) is 54.6 Å². The second-order valence-corrected chi connectivity index (χ2v) is 11.0. The van der Waals surface area contributed by atoms with Crippen LogP contribution in [0, 0.1) is 13.8 Å². The minimum Gasteiger partial charge on any atom is -0.383 e. The average Bonchev–Trinajstić information content (AvgIpc) is 3.55. The van der Waals surface area contributed by atoms with E-state index in [2.05, 4.69) is 32.4 Å². The Bertz CT molecular complexity index is 2190. The van der Waals surface area contributed by atoms with Crippen LogP contribution in [-0.4, -0.2) is 36.3 Å². The van der Waals surface area contributed by atoms with E-state index in [4.69, 9.17) is 10.8 Å². The summed E-state index contributed by atoms with van der Waals surface area (Å²) in [5, 5.41) is 11.2. The first kappa shape index (κ1) is 24.9. The van der Waals surface area contributed by atoms with Gasteiger partial charge in [0.25, 0.3) is 5.56 Å². The Morgan fingerprint density at radius 1 is 0.951 bits per heavy atom. The van der Waals surface area contributed by atoms with E-state index in [9.17, 15) is 4.79 Å². The van der Waals surface area contributed by atoms with Gasteiger partial charge >= 0.3 is 0 Å². The van der Waals surface area contributed by atoms with Crippen molar-refractivity contribution >= 4 is 54.3 Å². The lowest BCUT2D eigenvalue weighted by atomic mass is 10.1. The van der Waals surface area contributed by atoms with Gasteiger partial charge in [-0.2, -0.15) is 5.10 Å². The van der Waals surface area contributed by atoms with Gasteiger partial charge < -0.3 is 11.1 Å². The van der Waals surface area contributed by atoms with Crippen molar-refractivity contribution in [1.82, 2.24) is 29.3 Å². The van der Waals surface area contributed by atoms with Crippen LogP contribution in [0.5, 0.6) is 0 Å². The van der Waals surface area contributed by atoms with Gasteiger partial charge in [0, 0.05) is 18.3 Å². The normalized spacial score (nSPS) is 11.6. The first-order valence-electron chi connectivity index (χ1n) is 13.2. The number of pyridine rings is 1. The van der Waals surface area contributed by atoms with Crippen molar-refractivity contribution in [1.29, 1.82) is 0 Å². The number of hydrogen-bond donors (Lipinski definition) is 2. The van der Waals surface area contributed by atoms with E-state index in [-0.39, 0.29) is 5.56 Å². The SMILES string of the molecule is CNc1nc2ccc(-c3nn(Cc4cc5cccc(C)c5c(=O)n4-c4ccccc4C)c4ncnc(N)c34)cc2s1. The molecule has 202 valence electrons. The molecule has 0 aliphatic rings. The standard InChI is InChI=1S/C31H26N8OS/c1-17-7-4-5-10-23(17)39-21(13-19-9-6-8-18(2)25(19)30(39)40)15-38-29-26(28(32)34-16-35-29)27(37-38)20-11-12-22-24(14-20)41-31(33-3)36-22/h4-14,16H,15H2,1-3H3,(H,33,36)(H2,32,34,35). The minimum atomic E-state index is -0.0632. The number of nitrogens with two attached hydrogens (primary N) is 1. The number of thiazole rings is 1. The summed E-state index contributed by atoms with van der Waals surface area (Å²) < 4.78 is 4.64. The highest BCUT2D eigenvalue weighted by Gasteiger charge is 2.21. The van der Waals surface area contributed by atoms with Gasteiger partial charge in [-0.15, -0.1) is 0 Å². The molecule has 3 aromatic carbocycles. The summed E-state index contributed by atoms with van der Waals surface area (Å²) in [6.07, 6.45) is 1.45. The Kier molecular flexibility index (Phi) is 5.79. The molecule has 0 saturated heterocycles. The highest BCUT2D eigenvalue weighted by Crippen LogP contribution is 2.35. The average molecular weight is 559 g/mol. The monoisotopic (exact) mass is 558 g/mol. The second-order valence-electron chi connectivity index (χ2n) is 10.0. The summed E-state index contributed by atoms with van der Waals surface area (Å²) >= 11 is 1.57. The predicted molar refractivity (Wildman–Crippen MR) is 166 cm³/mol. The lowest BCUT2D eigenvalue weighted by Gasteiger charge is -2.17. The van der Waals surface area contributed by atoms with E-state index >= 15 is 0 Å². The van der Waals surface area contributed by atoms with Gasteiger partial charge in [0.05, 0.1) is 33.2 Å². The lowest BCUT2D eigenvalue weighted by Crippen LogP contribution is -2.25. The zero-order valence-electron chi connectivity index (χ0n) is 22.7. The summed E-state index contributed by atoms with van der Waals surface area (Å²) in [4.78, 5) is 27.5. The quantitative estimate of drug-likeness (QED) is 0.278. The summed E-state index contributed by atoms with van der Waals surface area (Å²) in [6, 6.07) is 21.9. The molecule has 4 heterocycles. The third-order valence-corrected chi connectivity index (χ3v) is 8.47. The number of para-hydroxylation sites is 1. The third kappa shape index (κ3) is 4.03. The van der Waals surface area contributed by atoms with Gasteiger partial charge in [-0.25, -0.2) is 19.6 Å². The number of nitrogen functional groups attached to an aromatic ring is 1. The number of fused-ring (bicyclic) bond motifs is 3. The van der Waals surface area contributed by atoms with Crippen LogP contribution < -0.4 is 16.6 Å². The molecule has 0 bridgehead atoms. The number of anilines is 2. The number of aromatic nitrogens is 6. The van der Waals surface area contributed by atoms with Crippen LogP contribution in [0.3, 0.4) is 0 Å². The van der Waals surface area contributed by atoms with Crippen LogP contribution >= 0.6 is 11.3 Å². The van der Waals surface area contributed by atoms with Gasteiger partial charge in [-0.1, -0.05) is 53.8 Å². The van der Waals surface area contributed by atoms with Crippen molar-refractivity contribution in [3.8, 4) is 16.9 Å². The smallest absolute Gasteiger partial charge is 0.263 e. The molecule has 0 atom stereocenters. The van der Waals surface area contributed by atoms with Crippen molar-refractivity contribution in [3.63, 3.8) is 0 Å². The molecule has 7 rings (SSSR count). The Morgan fingerprint density at radius 2 is 1.78 bits per heavy atom. The molecule has 7 aromatic rings. The molecular weight excluding hydrogens is 532 g/mol. The van der Waals surface area contributed by atoms with Crippen molar-refractivity contribution in [2.24, 2.45) is 0 Å². The third-order valence-electron chi connectivity index (χ3n) is 7.43. The molecule has 0 fully saturated rings. The molecule has 0 amide bonds. The summed E-state index contributed by atoms with van der Waals surface area (Å²) in [5.74, 6) is 0.349. The fraction of sp³-hybridized carbons (Fsp3) is 0.129. The maximum atomic E-state index is 14.1. The number of nitrogens with zero attached hydrogens (tertiary/aromatic N) is 6. The highest BCUT2D eigenvalue weighted by atomic mass is 32.1. The maximum absolute atomic E-state index is 14.1. The fourth-order valence-electron chi connectivity index (χ4n) is 5.46. The largest absolute Gasteiger partial charge is 0.383 e. The van der Waals surface area contributed by atoms with Crippen LogP contribution in [0.4, 0.5) is 10.9 Å². The maximum Gasteiger partial charge on any atom is 0.263 e. The van der Waals surface area contributed by atoms with Gasteiger partial charge in [0.1, 0.15) is 17.8 Å². The van der Waals surface area contributed by atoms with Crippen LogP contribution in [0.2, 0.25) is 0 Å². The molecule has 0 saturated carbocycles. The van der Waals surface area contributed by atoms with Crippen molar-refractivity contribution in [3.05, 3.63) is 100 Å². The number of benzene rings is 3. The van der Waals surface area contributed by atoms with E-state index in [0.717, 1.165) is 48.8 Å². The molecule has 4 aromatic heterocycles. The van der Waals surface area contributed by atoms with Crippen LogP contribution in [0.15, 0.2) is 77.9 Å². The van der Waals surface area contributed by atoms with E-state index in [1.54, 1.807) is 15.9 Å².